The minimum atomic E-state index is -1.10. The van der Waals surface area contributed by atoms with Crippen LogP contribution in [-0.2, 0) is 4.79 Å². The van der Waals surface area contributed by atoms with Crippen molar-refractivity contribution in [2.45, 2.75) is 88.9 Å². The van der Waals surface area contributed by atoms with Crippen LogP contribution < -0.4 is 0 Å². The van der Waals surface area contributed by atoms with E-state index in [2.05, 4.69) is 6.92 Å². The van der Waals surface area contributed by atoms with Gasteiger partial charge in [-0.1, -0.05) is 13.8 Å². The fourth-order valence-corrected chi connectivity index (χ4v) is 7.72. The molecule has 0 radical (unpaired) electrons. The number of fused-ring (bicyclic) bond motifs is 5. The number of carbonyl (C=O) groups excluding carboxylic acids is 1. The molecule has 0 saturated heterocycles. The summed E-state index contributed by atoms with van der Waals surface area (Å²) in [5.74, 6) is 1.22. The number of hydrogen-bond acceptors (Lipinski definition) is 4. The summed E-state index contributed by atoms with van der Waals surface area (Å²) < 4.78 is 0. The van der Waals surface area contributed by atoms with Crippen molar-refractivity contribution in [2.24, 2.45) is 28.6 Å². The van der Waals surface area contributed by atoms with Crippen molar-refractivity contribution in [1.82, 2.24) is 0 Å². The van der Waals surface area contributed by atoms with Crippen LogP contribution in [0.5, 0.6) is 0 Å². The lowest BCUT2D eigenvalue weighted by atomic mass is 9.43. The third kappa shape index (κ3) is 2.21. The SMILES string of the molecule is C[C@]12CC[C@H](O)C[C@H]1CC[C@@H]1[C@@H]2CC[C@]2(C)[C@@](O)(/C=C/C=O)CC[C@]12O. The van der Waals surface area contributed by atoms with Gasteiger partial charge in [0.25, 0.3) is 0 Å². The molecule has 4 saturated carbocycles. The van der Waals surface area contributed by atoms with Crippen LogP contribution >= 0.6 is 0 Å². The van der Waals surface area contributed by atoms with E-state index in [9.17, 15) is 20.1 Å². The van der Waals surface area contributed by atoms with E-state index in [1.54, 1.807) is 6.08 Å². The molecule has 8 atom stereocenters. The van der Waals surface area contributed by atoms with Crippen molar-refractivity contribution in [2.75, 3.05) is 0 Å². The third-order valence-corrected chi connectivity index (χ3v) is 9.48. The third-order valence-electron chi connectivity index (χ3n) is 9.48. The van der Waals surface area contributed by atoms with Crippen molar-refractivity contribution in [3.63, 3.8) is 0 Å². The molecule has 4 heteroatoms. The summed E-state index contributed by atoms with van der Waals surface area (Å²) in [4.78, 5) is 10.8. The van der Waals surface area contributed by atoms with Gasteiger partial charge in [-0.05, 0) is 93.1 Å². The predicted octanol–water partition coefficient (Wildman–Crippen LogP) is 2.99. The summed E-state index contributed by atoms with van der Waals surface area (Å²) in [6, 6.07) is 0. The largest absolute Gasteiger partial charge is 0.393 e. The molecule has 4 nitrogen and oxygen atoms in total. The van der Waals surface area contributed by atoms with Crippen molar-refractivity contribution in [1.29, 1.82) is 0 Å². The fraction of sp³-hybridized carbons (Fsp3) is 0.864. The molecule has 4 aliphatic rings. The number of carbonyl (C=O) groups is 1. The van der Waals surface area contributed by atoms with E-state index in [0.717, 1.165) is 44.9 Å². The summed E-state index contributed by atoms with van der Waals surface area (Å²) >= 11 is 0. The smallest absolute Gasteiger partial charge is 0.142 e. The number of allylic oxidation sites excluding steroid dienone is 1. The number of hydrogen-bond donors (Lipinski definition) is 3. The predicted molar refractivity (Wildman–Crippen MR) is 99.3 cm³/mol. The van der Waals surface area contributed by atoms with E-state index >= 15 is 0 Å². The molecular formula is C22H34O4. The zero-order valence-electron chi connectivity index (χ0n) is 16.2. The highest BCUT2D eigenvalue weighted by Gasteiger charge is 2.71. The van der Waals surface area contributed by atoms with Crippen LogP contribution in [0.2, 0.25) is 0 Å². The van der Waals surface area contributed by atoms with Gasteiger partial charge in [0.05, 0.1) is 17.3 Å². The molecule has 3 N–H and O–H groups in total. The van der Waals surface area contributed by atoms with Gasteiger partial charge in [0.2, 0.25) is 0 Å². The molecule has 146 valence electrons. The van der Waals surface area contributed by atoms with Crippen LogP contribution in [0.1, 0.15) is 71.6 Å². The molecule has 0 unspecified atom stereocenters. The molecule has 4 aliphatic carbocycles. The van der Waals surface area contributed by atoms with Crippen LogP contribution in [0.25, 0.3) is 0 Å². The number of aliphatic hydroxyl groups excluding tert-OH is 1. The molecule has 0 aliphatic heterocycles. The van der Waals surface area contributed by atoms with Gasteiger partial charge in [-0.25, -0.2) is 0 Å². The van der Waals surface area contributed by atoms with Gasteiger partial charge in [-0.3, -0.25) is 4.79 Å². The maximum Gasteiger partial charge on any atom is 0.142 e. The Labute approximate surface area is 156 Å². The zero-order chi connectivity index (χ0) is 18.8. The van der Waals surface area contributed by atoms with E-state index in [0.29, 0.717) is 31.0 Å². The second-order valence-corrected chi connectivity index (χ2v) is 10.1. The minimum Gasteiger partial charge on any atom is -0.393 e. The molecule has 0 aromatic rings. The Kier molecular flexibility index (Phi) is 4.22. The average molecular weight is 363 g/mol. The van der Waals surface area contributed by atoms with Gasteiger partial charge < -0.3 is 15.3 Å². The van der Waals surface area contributed by atoms with Crippen LogP contribution in [0.3, 0.4) is 0 Å². The normalized spacial score (nSPS) is 56.7. The Morgan fingerprint density at radius 1 is 0.923 bits per heavy atom. The number of rotatable bonds is 2. The first kappa shape index (κ1) is 18.6. The van der Waals surface area contributed by atoms with Crippen LogP contribution in [0.15, 0.2) is 12.2 Å². The maximum atomic E-state index is 11.9. The Balaban J connectivity index is 1.68. The molecule has 0 aromatic carbocycles. The Morgan fingerprint density at radius 2 is 1.69 bits per heavy atom. The molecule has 4 rings (SSSR count). The highest BCUT2D eigenvalue weighted by molar-refractivity contribution is 5.65. The molecular weight excluding hydrogens is 328 g/mol. The molecule has 4 fully saturated rings. The number of aldehydes is 1. The van der Waals surface area contributed by atoms with Gasteiger partial charge in [0, 0.05) is 5.41 Å². The van der Waals surface area contributed by atoms with Crippen LogP contribution in [0.4, 0.5) is 0 Å². The van der Waals surface area contributed by atoms with E-state index in [1.807, 2.05) is 6.92 Å². The summed E-state index contributed by atoms with van der Waals surface area (Å²) in [5.41, 5.74) is -2.38. The number of aliphatic hydroxyl groups is 3. The second kappa shape index (κ2) is 5.89. The van der Waals surface area contributed by atoms with E-state index in [-0.39, 0.29) is 17.4 Å². The molecule has 0 amide bonds. The molecule has 0 aromatic heterocycles. The van der Waals surface area contributed by atoms with Crippen molar-refractivity contribution in [3.05, 3.63) is 12.2 Å². The summed E-state index contributed by atoms with van der Waals surface area (Å²) in [5, 5.41) is 33.4. The van der Waals surface area contributed by atoms with Crippen molar-refractivity contribution < 1.29 is 20.1 Å². The lowest BCUT2D eigenvalue weighted by Crippen LogP contribution is -2.65. The average Bonchev–Trinajstić information content (AvgIpc) is 2.82. The Hall–Kier alpha value is -0.710. The van der Waals surface area contributed by atoms with E-state index in [1.165, 1.54) is 6.08 Å². The summed E-state index contributed by atoms with van der Waals surface area (Å²) in [7, 11) is 0. The molecule has 0 bridgehead atoms. The van der Waals surface area contributed by atoms with Gasteiger partial charge in [-0.15, -0.1) is 0 Å². The standard InChI is InChI=1S/C22H34O4/c1-19-9-6-16(24)14-15(19)4-5-18-17(19)7-10-20(2)21(25,8-3-13-23)11-12-22(18,20)26/h3,8,13,15-18,24-26H,4-7,9-12,14H2,1-2H3/b8-3+/t15-,16+,17+,18-,19+,20-,21-,22+/m1/s1. The zero-order valence-corrected chi connectivity index (χ0v) is 16.2. The lowest BCUT2D eigenvalue weighted by molar-refractivity contribution is -0.227. The van der Waals surface area contributed by atoms with Gasteiger partial charge in [0.1, 0.15) is 6.29 Å². The van der Waals surface area contributed by atoms with Gasteiger partial charge >= 0.3 is 0 Å². The summed E-state index contributed by atoms with van der Waals surface area (Å²) in [6.07, 6.45) is 11.4. The topological polar surface area (TPSA) is 77.8 Å². The van der Waals surface area contributed by atoms with Crippen LogP contribution in [-0.4, -0.2) is 38.9 Å². The molecule has 0 heterocycles. The maximum absolute atomic E-state index is 11.9. The molecule has 26 heavy (non-hydrogen) atoms. The molecule has 0 spiro atoms. The fourth-order valence-electron chi connectivity index (χ4n) is 7.72. The highest BCUT2D eigenvalue weighted by Crippen LogP contribution is 2.69. The second-order valence-electron chi connectivity index (χ2n) is 10.1. The van der Waals surface area contributed by atoms with Crippen LogP contribution in [0, 0.1) is 28.6 Å². The monoisotopic (exact) mass is 362 g/mol. The first-order valence-electron chi connectivity index (χ1n) is 10.5. The van der Waals surface area contributed by atoms with E-state index < -0.39 is 16.6 Å². The first-order chi connectivity index (χ1) is 12.2. The Morgan fingerprint density at radius 3 is 2.42 bits per heavy atom. The first-order valence-corrected chi connectivity index (χ1v) is 10.5. The van der Waals surface area contributed by atoms with Crippen molar-refractivity contribution >= 4 is 6.29 Å². The van der Waals surface area contributed by atoms with Crippen molar-refractivity contribution in [3.8, 4) is 0 Å². The lowest BCUT2D eigenvalue weighted by Gasteiger charge is -2.64. The Bertz CT molecular complexity index is 617. The quantitative estimate of drug-likeness (QED) is 0.521. The minimum absolute atomic E-state index is 0.161. The summed E-state index contributed by atoms with van der Waals surface area (Å²) in [6.45, 7) is 4.42. The van der Waals surface area contributed by atoms with E-state index in [4.69, 9.17) is 0 Å². The van der Waals surface area contributed by atoms with Gasteiger partial charge in [-0.2, -0.15) is 0 Å². The van der Waals surface area contributed by atoms with Gasteiger partial charge in [0.15, 0.2) is 0 Å². The highest BCUT2D eigenvalue weighted by atomic mass is 16.3.